The van der Waals surface area contributed by atoms with Crippen LogP contribution >= 0.6 is 0 Å². The van der Waals surface area contributed by atoms with E-state index in [1.54, 1.807) is 0 Å². The van der Waals surface area contributed by atoms with Gasteiger partial charge in [-0.3, -0.25) is 9.59 Å². The molecule has 0 atom stereocenters. The second-order valence-corrected chi connectivity index (χ2v) is 6.26. The van der Waals surface area contributed by atoms with E-state index in [4.69, 9.17) is 0 Å². The minimum Gasteiger partial charge on any atom is -0.341 e. The number of nitrogens with zero attached hydrogens (tertiary/aromatic N) is 2. The molecule has 2 saturated carbocycles. The molecule has 3 rings (SSSR count). The molecule has 0 radical (unpaired) electrons. The Labute approximate surface area is 115 Å². The van der Waals surface area contributed by atoms with E-state index in [1.807, 2.05) is 9.80 Å². The van der Waals surface area contributed by atoms with Gasteiger partial charge in [-0.2, -0.15) is 0 Å². The summed E-state index contributed by atoms with van der Waals surface area (Å²) in [6.07, 6.45) is 7.63. The Morgan fingerprint density at radius 2 is 1.11 bits per heavy atom. The fourth-order valence-corrected chi connectivity index (χ4v) is 3.38. The Bertz CT molecular complexity index is 359. The Kier molecular flexibility index (Phi) is 3.76. The molecule has 106 valence electrons. The number of hydrogen-bond acceptors (Lipinski definition) is 2. The van der Waals surface area contributed by atoms with Crippen molar-refractivity contribution in [2.45, 2.75) is 44.9 Å². The van der Waals surface area contributed by atoms with E-state index in [-0.39, 0.29) is 5.92 Å². The number of amides is 2. The standard InChI is InChI=1S/C15H24N2O2/c18-14(12-4-1-2-5-12)16-8-3-9-17(11-10-16)15(19)13-6-7-13/h12-13H,1-11H2. The highest BCUT2D eigenvalue weighted by atomic mass is 16.2. The fraction of sp³-hybridized carbons (Fsp3) is 0.867. The number of hydrogen-bond donors (Lipinski definition) is 0. The van der Waals surface area contributed by atoms with Crippen LogP contribution in [0.25, 0.3) is 0 Å². The first-order chi connectivity index (χ1) is 9.25. The number of rotatable bonds is 2. The zero-order valence-corrected chi connectivity index (χ0v) is 11.6. The normalized spacial score (nSPS) is 25.5. The van der Waals surface area contributed by atoms with Crippen molar-refractivity contribution in [3.05, 3.63) is 0 Å². The van der Waals surface area contributed by atoms with Gasteiger partial charge in [0.05, 0.1) is 0 Å². The van der Waals surface area contributed by atoms with Crippen LogP contribution in [-0.2, 0) is 9.59 Å². The van der Waals surface area contributed by atoms with E-state index in [2.05, 4.69) is 0 Å². The zero-order chi connectivity index (χ0) is 13.2. The third kappa shape index (κ3) is 2.93. The summed E-state index contributed by atoms with van der Waals surface area (Å²) in [5.41, 5.74) is 0. The molecular weight excluding hydrogens is 240 g/mol. The maximum Gasteiger partial charge on any atom is 0.225 e. The van der Waals surface area contributed by atoms with Gasteiger partial charge in [0.2, 0.25) is 11.8 Å². The molecule has 4 heteroatoms. The van der Waals surface area contributed by atoms with Crippen LogP contribution in [0, 0.1) is 11.8 Å². The Balaban J connectivity index is 1.54. The summed E-state index contributed by atoms with van der Waals surface area (Å²) in [7, 11) is 0. The Hall–Kier alpha value is -1.06. The zero-order valence-electron chi connectivity index (χ0n) is 11.6. The first-order valence-corrected chi connectivity index (χ1v) is 7.83. The predicted molar refractivity (Wildman–Crippen MR) is 72.5 cm³/mol. The minimum atomic E-state index is 0.269. The van der Waals surface area contributed by atoms with Crippen molar-refractivity contribution in [2.75, 3.05) is 26.2 Å². The summed E-state index contributed by atoms with van der Waals surface area (Å²) in [6, 6.07) is 0. The van der Waals surface area contributed by atoms with Crippen LogP contribution in [-0.4, -0.2) is 47.8 Å². The fourth-order valence-electron chi connectivity index (χ4n) is 3.38. The number of carbonyl (C=O) groups excluding carboxylic acids is 2. The second-order valence-electron chi connectivity index (χ2n) is 6.26. The highest BCUT2D eigenvalue weighted by molar-refractivity contribution is 5.81. The average molecular weight is 264 g/mol. The summed E-state index contributed by atoms with van der Waals surface area (Å²) < 4.78 is 0. The lowest BCUT2D eigenvalue weighted by molar-refractivity contribution is -0.136. The maximum absolute atomic E-state index is 12.4. The molecule has 0 unspecified atom stereocenters. The highest BCUT2D eigenvalue weighted by Gasteiger charge is 2.35. The van der Waals surface area contributed by atoms with Gasteiger partial charge < -0.3 is 9.80 Å². The molecule has 3 aliphatic rings. The largest absolute Gasteiger partial charge is 0.341 e. The molecule has 1 aliphatic heterocycles. The van der Waals surface area contributed by atoms with E-state index in [0.717, 1.165) is 58.3 Å². The van der Waals surface area contributed by atoms with Crippen molar-refractivity contribution in [1.82, 2.24) is 9.80 Å². The van der Waals surface area contributed by atoms with Crippen LogP contribution in [0.3, 0.4) is 0 Å². The summed E-state index contributed by atoms with van der Waals surface area (Å²) in [5, 5.41) is 0. The van der Waals surface area contributed by atoms with Crippen molar-refractivity contribution in [2.24, 2.45) is 11.8 Å². The van der Waals surface area contributed by atoms with Crippen molar-refractivity contribution in [1.29, 1.82) is 0 Å². The van der Waals surface area contributed by atoms with Crippen LogP contribution in [0.2, 0.25) is 0 Å². The van der Waals surface area contributed by atoms with Gasteiger partial charge in [-0.15, -0.1) is 0 Å². The molecule has 3 fully saturated rings. The molecule has 2 amide bonds. The molecule has 4 nitrogen and oxygen atoms in total. The van der Waals surface area contributed by atoms with Gasteiger partial charge in [-0.1, -0.05) is 12.8 Å². The summed E-state index contributed by atoms with van der Waals surface area (Å²) in [5.74, 6) is 1.25. The number of carbonyl (C=O) groups is 2. The summed E-state index contributed by atoms with van der Waals surface area (Å²) >= 11 is 0. The van der Waals surface area contributed by atoms with E-state index < -0.39 is 0 Å². The van der Waals surface area contributed by atoms with Crippen LogP contribution < -0.4 is 0 Å². The van der Waals surface area contributed by atoms with Crippen LogP contribution in [0.5, 0.6) is 0 Å². The monoisotopic (exact) mass is 264 g/mol. The molecule has 0 aromatic carbocycles. The lowest BCUT2D eigenvalue weighted by Gasteiger charge is -2.24. The molecule has 0 aromatic rings. The molecule has 0 spiro atoms. The molecule has 0 N–H and O–H groups in total. The van der Waals surface area contributed by atoms with Crippen molar-refractivity contribution >= 4 is 11.8 Å². The Morgan fingerprint density at radius 3 is 1.58 bits per heavy atom. The van der Waals surface area contributed by atoms with Gasteiger partial charge in [-0.25, -0.2) is 0 Å². The molecule has 0 aromatic heterocycles. The molecule has 1 saturated heterocycles. The third-order valence-corrected chi connectivity index (χ3v) is 4.75. The van der Waals surface area contributed by atoms with Crippen LogP contribution in [0.4, 0.5) is 0 Å². The average Bonchev–Trinajstić information content (AvgIpc) is 3.18. The van der Waals surface area contributed by atoms with Crippen LogP contribution in [0.1, 0.15) is 44.9 Å². The predicted octanol–water partition coefficient (Wildman–Crippen LogP) is 1.65. The minimum absolute atomic E-state index is 0.269. The third-order valence-electron chi connectivity index (χ3n) is 4.75. The summed E-state index contributed by atoms with van der Waals surface area (Å²) in [4.78, 5) is 28.5. The van der Waals surface area contributed by atoms with E-state index in [9.17, 15) is 9.59 Å². The first kappa shape index (κ1) is 12.9. The Morgan fingerprint density at radius 1 is 0.632 bits per heavy atom. The van der Waals surface area contributed by atoms with Crippen molar-refractivity contribution < 1.29 is 9.59 Å². The quantitative estimate of drug-likeness (QED) is 0.761. The van der Waals surface area contributed by atoms with Gasteiger partial charge in [0.1, 0.15) is 0 Å². The molecule has 1 heterocycles. The first-order valence-electron chi connectivity index (χ1n) is 7.83. The SMILES string of the molecule is O=C(C1CCCC1)N1CCCN(C(=O)C2CC2)CC1. The topological polar surface area (TPSA) is 40.6 Å². The van der Waals surface area contributed by atoms with E-state index >= 15 is 0 Å². The van der Waals surface area contributed by atoms with Gasteiger partial charge in [0, 0.05) is 38.0 Å². The molecule has 2 aliphatic carbocycles. The van der Waals surface area contributed by atoms with E-state index in [1.165, 1.54) is 12.8 Å². The highest BCUT2D eigenvalue weighted by Crippen LogP contribution is 2.31. The van der Waals surface area contributed by atoms with Gasteiger partial charge in [0.15, 0.2) is 0 Å². The molecule has 19 heavy (non-hydrogen) atoms. The molecular formula is C15H24N2O2. The molecule has 0 bridgehead atoms. The summed E-state index contributed by atoms with van der Waals surface area (Å²) in [6.45, 7) is 3.16. The van der Waals surface area contributed by atoms with Crippen molar-refractivity contribution in [3.8, 4) is 0 Å². The van der Waals surface area contributed by atoms with Gasteiger partial charge in [-0.05, 0) is 32.1 Å². The lowest BCUT2D eigenvalue weighted by Crippen LogP contribution is -2.39. The second kappa shape index (κ2) is 5.51. The smallest absolute Gasteiger partial charge is 0.225 e. The van der Waals surface area contributed by atoms with Crippen molar-refractivity contribution in [3.63, 3.8) is 0 Å². The maximum atomic E-state index is 12.4. The van der Waals surface area contributed by atoms with E-state index in [0.29, 0.717) is 17.7 Å². The lowest BCUT2D eigenvalue weighted by atomic mass is 10.1. The van der Waals surface area contributed by atoms with Gasteiger partial charge in [0.25, 0.3) is 0 Å². The van der Waals surface area contributed by atoms with Crippen LogP contribution in [0.15, 0.2) is 0 Å². The van der Waals surface area contributed by atoms with Gasteiger partial charge >= 0.3 is 0 Å².